The SMILES string of the molecule is CCCCOc1ccc2ccccc2c1/C=C1\SC(=O)N(CC(=O)N2CCCCC2)C1=O. The summed E-state index contributed by atoms with van der Waals surface area (Å²) < 4.78 is 6.00. The third kappa shape index (κ3) is 4.83. The van der Waals surface area contributed by atoms with Gasteiger partial charge < -0.3 is 9.64 Å². The van der Waals surface area contributed by atoms with Gasteiger partial charge in [-0.05, 0) is 60.4 Å². The fourth-order valence-electron chi connectivity index (χ4n) is 4.02. The molecular formula is C25H28N2O4S. The standard InChI is InChI=1S/C25H28N2O4S/c1-2-3-15-31-21-12-11-18-9-5-6-10-19(18)20(21)16-22-24(29)27(25(30)32-22)17-23(28)26-13-7-4-8-14-26/h5-6,9-12,16H,2-4,7-8,13-15,17H2,1H3/b22-16-. The molecule has 6 nitrogen and oxygen atoms in total. The largest absolute Gasteiger partial charge is 0.493 e. The van der Waals surface area contributed by atoms with Crippen LogP contribution in [0.15, 0.2) is 41.3 Å². The van der Waals surface area contributed by atoms with Crippen LogP contribution in [0.2, 0.25) is 0 Å². The van der Waals surface area contributed by atoms with E-state index in [1.165, 1.54) is 0 Å². The van der Waals surface area contributed by atoms with Gasteiger partial charge in [0.1, 0.15) is 12.3 Å². The van der Waals surface area contributed by atoms with Gasteiger partial charge in [-0.15, -0.1) is 0 Å². The second-order valence-electron chi connectivity index (χ2n) is 8.11. The lowest BCUT2D eigenvalue weighted by molar-refractivity contribution is -0.136. The highest BCUT2D eigenvalue weighted by Crippen LogP contribution is 2.37. The second-order valence-corrected chi connectivity index (χ2v) is 9.10. The molecular weight excluding hydrogens is 424 g/mol. The Balaban J connectivity index is 1.60. The second kappa shape index (κ2) is 10.2. The van der Waals surface area contributed by atoms with Gasteiger partial charge in [0.15, 0.2) is 0 Å². The first-order valence-electron chi connectivity index (χ1n) is 11.3. The summed E-state index contributed by atoms with van der Waals surface area (Å²) in [5.74, 6) is 0.105. The summed E-state index contributed by atoms with van der Waals surface area (Å²) in [5, 5.41) is 1.58. The highest BCUT2D eigenvalue weighted by Gasteiger charge is 2.37. The van der Waals surface area contributed by atoms with Crippen molar-refractivity contribution in [3.8, 4) is 5.75 Å². The lowest BCUT2D eigenvalue weighted by Crippen LogP contribution is -2.44. The van der Waals surface area contributed by atoms with Crippen molar-refractivity contribution in [1.82, 2.24) is 9.80 Å². The smallest absolute Gasteiger partial charge is 0.294 e. The Morgan fingerprint density at radius 2 is 1.88 bits per heavy atom. The van der Waals surface area contributed by atoms with Gasteiger partial charge in [0.05, 0.1) is 11.5 Å². The number of amides is 3. The van der Waals surface area contributed by atoms with E-state index in [1.807, 2.05) is 36.4 Å². The molecule has 2 aliphatic rings. The number of unbranched alkanes of at least 4 members (excludes halogenated alkanes) is 1. The molecule has 0 bridgehead atoms. The minimum absolute atomic E-state index is 0.165. The topological polar surface area (TPSA) is 66.9 Å². The molecule has 0 saturated carbocycles. The molecule has 3 amide bonds. The number of carbonyl (C=O) groups excluding carboxylic acids is 3. The van der Waals surface area contributed by atoms with Gasteiger partial charge in [0, 0.05) is 18.7 Å². The van der Waals surface area contributed by atoms with Crippen molar-refractivity contribution in [2.75, 3.05) is 26.2 Å². The average Bonchev–Trinajstić information content (AvgIpc) is 3.08. The number of imide groups is 1. The number of nitrogens with zero attached hydrogens (tertiary/aromatic N) is 2. The van der Waals surface area contributed by atoms with E-state index in [0.717, 1.165) is 65.1 Å². The quantitative estimate of drug-likeness (QED) is 0.434. The molecule has 4 rings (SSSR count). The molecule has 0 aromatic heterocycles. The van der Waals surface area contributed by atoms with Crippen LogP contribution in [0, 0.1) is 0 Å². The normalized spacial score (nSPS) is 18.1. The minimum Gasteiger partial charge on any atom is -0.493 e. The molecule has 0 spiro atoms. The molecule has 168 valence electrons. The Morgan fingerprint density at radius 3 is 2.66 bits per heavy atom. The Hall–Kier alpha value is -2.80. The molecule has 2 heterocycles. The molecule has 0 atom stereocenters. The van der Waals surface area contributed by atoms with E-state index in [9.17, 15) is 14.4 Å². The number of hydrogen-bond donors (Lipinski definition) is 0. The van der Waals surface area contributed by atoms with Gasteiger partial charge >= 0.3 is 0 Å². The van der Waals surface area contributed by atoms with Gasteiger partial charge in [0.25, 0.3) is 11.1 Å². The van der Waals surface area contributed by atoms with Gasteiger partial charge in [-0.25, -0.2) is 0 Å². The van der Waals surface area contributed by atoms with Gasteiger partial charge in [-0.3, -0.25) is 19.3 Å². The molecule has 0 aliphatic carbocycles. The zero-order valence-electron chi connectivity index (χ0n) is 18.3. The van der Waals surface area contributed by atoms with E-state index in [4.69, 9.17) is 4.74 Å². The van der Waals surface area contributed by atoms with Crippen LogP contribution in [-0.4, -0.2) is 53.1 Å². The number of ether oxygens (including phenoxy) is 1. The van der Waals surface area contributed by atoms with E-state index in [2.05, 4.69) is 6.92 Å². The Labute approximate surface area is 192 Å². The number of thioether (sulfide) groups is 1. The van der Waals surface area contributed by atoms with Gasteiger partial charge in [-0.2, -0.15) is 0 Å². The molecule has 2 aliphatic heterocycles. The van der Waals surface area contributed by atoms with Crippen LogP contribution >= 0.6 is 11.8 Å². The molecule has 0 N–H and O–H groups in total. The molecule has 2 aromatic carbocycles. The van der Waals surface area contributed by atoms with Crippen LogP contribution in [0.5, 0.6) is 5.75 Å². The first-order valence-corrected chi connectivity index (χ1v) is 12.1. The molecule has 0 radical (unpaired) electrons. The van der Waals surface area contributed by atoms with Crippen LogP contribution < -0.4 is 4.74 Å². The predicted molar refractivity (Wildman–Crippen MR) is 127 cm³/mol. The number of carbonyl (C=O) groups is 3. The van der Waals surface area contributed by atoms with Crippen molar-refractivity contribution in [2.45, 2.75) is 39.0 Å². The summed E-state index contributed by atoms with van der Waals surface area (Å²) in [6.07, 6.45) is 6.74. The number of hydrogen-bond acceptors (Lipinski definition) is 5. The average molecular weight is 453 g/mol. The van der Waals surface area contributed by atoms with E-state index < -0.39 is 11.1 Å². The molecule has 2 aromatic rings. The molecule has 0 unspecified atom stereocenters. The fraction of sp³-hybridized carbons (Fsp3) is 0.400. The van der Waals surface area contributed by atoms with E-state index >= 15 is 0 Å². The van der Waals surface area contributed by atoms with Crippen LogP contribution in [0.3, 0.4) is 0 Å². The third-order valence-corrected chi connectivity index (χ3v) is 6.74. The first kappa shape index (κ1) is 22.4. The predicted octanol–water partition coefficient (Wildman–Crippen LogP) is 5.07. The zero-order chi connectivity index (χ0) is 22.5. The van der Waals surface area contributed by atoms with E-state index in [0.29, 0.717) is 30.4 Å². The maximum Gasteiger partial charge on any atom is 0.294 e. The number of rotatable bonds is 7. The summed E-state index contributed by atoms with van der Waals surface area (Å²) in [6, 6.07) is 11.8. The van der Waals surface area contributed by atoms with Gasteiger partial charge in [-0.1, -0.05) is 43.7 Å². The number of piperidine rings is 1. The van der Waals surface area contributed by atoms with Crippen molar-refractivity contribution >= 4 is 45.7 Å². The van der Waals surface area contributed by atoms with E-state index in [1.54, 1.807) is 11.0 Å². The van der Waals surface area contributed by atoms with Crippen LogP contribution in [0.25, 0.3) is 16.8 Å². The van der Waals surface area contributed by atoms with E-state index in [-0.39, 0.29) is 12.5 Å². The van der Waals surface area contributed by atoms with Crippen molar-refractivity contribution in [2.24, 2.45) is 0 Å². The summed E-state index contributed by atoms with van der Waals surface area (Å²) in [4.78, 5) is 41.4. The van der Waals surface area contributed by atoms with Crippen LogP contribution in [-0.2, 0) is 9.59 Å². The highest BCUT2D eigenvalue weighted by molar-refractivity contribution is 8.18. The van der Waals surface area contributed by atoms with Crippen molar-refractivity contribution < 1.29 is 19.1 Å². The number of fused-ring (bicyclic) bond motifs is 1. The fourth-order valence-corrected chi connectivity index (χ4v) is 4.84. The Bertz CT molecular complexity index is 1060. The minimum atomic E-state index is -0.419. The van der Waals surface area contributed by atoms with Crippen LogP contribution in [0.1, 0.15) is 44.6 Å². The first-order chi connectivity index (χ1) is 15.6. The summed E-state index contributed by atoms with van der Waals surface area (Å²) in [6.45, 7) is 3.88. The van der Waals surface area contributed by atoms with Crippen molar-refractivity contribution in [3.05, 3.63) is 46.9 Å². The summed E-state index contributed by atoms with van der Waals surface area (Å²) in [7, 11) is 0. The summed E-state index contributed by atoms with van der Waals surface area (Å²) in [5.41, 5.74) is 0.784. The molecule has 2 saturated heterocycles. The zero-order valence-corrected chi connectivity index (χ0v) is 19.2. The lowest BCUT2D eigenvalue weighted by atomic mass is 10.0. The molecule has 7 heteroatoms. The van der Waals surface area contributed by atoms with Gasteiger partial charge in [0.2, 0.25) is 5.91 Å². The highest BCUT2D eigenvalue weighted by atomic mass is 32.2. The van der Waals surface area contributed by atoms with Crippen molar-refractivity contribution in [3.63, 3.8) is 0 Å². The Morgan fingerprint density at radius 1 is 1.09 bits per heavy atom. The number of likely N-dealkylation sites (tertiary alicyclic amines) is 1. The lowest BCUT2D eigenvalue weighted by Gasteiger charge is -2.27. The van der Waals surface area contributed by atoms with Crippen LogP contribution in [0.4, 0.5) is 4.79 Å². The number of benzene rings is 2. The maximum absolute atomic E-state index is 13.1. The molecule has 32 heavy (non-hydrogen) atoms. The third-order valence-electron chi connectivity index (χ3n) is 5.84. The maximum atomic E-state index is 13.1. The molecule has 2 fully saturated rings. The Kier molecular flexibility index (Phi) is 7.15. The summed E-state index contributed by atoms with van der Waals surface area (Å²) >= 11 is 0.883. The monoisotopic (exact) mass is 452 g/mol. The van der Waals surface area contributed by atoms with Crippen molar-refractivity contribution in [1.29, 1.82) is 0 Å².